The number of hydrogen-bond acceptors (Lipinski definition) is 4. The van der Waals surface area contributed by atoms with Crippen LogP contribution >= 0.6 is 0 Å². The highest BCUT2D eigenvalue weighted by atomic mass is 16.6. The minimum Gasteiger partial charge on any atom is -0.310 e. The number of hydrogen-bond donors (Lipinski definition) is 1. The van der Waals surface area contributed by atoms with Crippen molar-refractivity contribution in [2.45, 2.75) is 25.8 Å². The Kier molecular flexibility index (Phi) is 5.40. The molecule has 0 spiro atoms. The fraction of sp³-hybridized carbons (Fsp3) is 0.312. The van der Waals surface area contributed by atoms with E-state index in [1.165, 1.54) is 11.6 Å². The van der Waals surface area contributed by atoms with Gasteiger partial charge in [-0.05, 0) is 42.6 Å². The van der Waals surface area contributed by atoms with Gasteiger partial charge in [-0.1, -0.05) is 19.1 Å². The fourth-order valence-electron chi connectivity index (χ4n) is 2.29. The summed E-state index contributed by atoms with van der Waals surface area (Å²) in [5, 5.41) is 14.3. The molecule has 0 aliphatic carbocycles. The van der Waals surface area contributed by atoms with Crippen molar-refractivity contribution in [1.82, 2.24) is 10.3 Å². The van der Waals surface area contributed by atoms with Gasteiger partial charge in [-0.15, -0.1) is 0 Å². The van der Waals surface area contributed by atoms with E-state index in [2.05, 4.69) is 17.2 Å². The summed E-state index contributed by atoms with van der Waals surface area (Å²) < 4.78 is 0. The molecule has 110 valence electrons. The smallest absolute Gasteiger partial charge is 0.269 e. The van der Waals surface area contributed by atoms with E-state index in [-0.39, 0.29) is 16.7 Å². The van der Waals surface area contributed by atoms with Crippen molar-refractivity contribution in [2.75, 3.05) is 6.54 Å². The van der Waals surface area contributed by atoms with Gasteiger partial charge in [0.1, 0.15) is 0 Å². The molecule has 1 heterocycles. The van der Waals surface area contributed by atoms with Crippen molar-refractivity contribution in [2.24, 2.45) is 0 Å². The third-order valence-electron chi connectivity index (χ3n) is 3.45. The van der Waals surface area contributed by atoms with Crippen LogP contribution in [0.1, 0.15) is 30.5 Å². The number of benzene rings is 1. The molecule has 0 saturated carbocycles. The van der Waals surface area contributed by atoms with E-state index in [0.717, 1.165) is 24.9 Å². The normalized spacial score (nSPS) is 12.0. The lowest BCUT2D eigenvalue weighted by Crippen LogP contribution is -2.23. The number of nitrogens with zero attached hydrogens (tertiary/aromatic N) is 2. The van der Waals surface area contributed by atoms with Crippen LogP contribution in [0.5, 0.6) is 0 Å². The van der Waals surface area contributed by atoms with Crippen molar-refractivity contribution in [3.05, 3.63) is 70.0 Å². The van der Waals surface area contributed by atoms with Crippen LogP contribution in [0.25, 0.3) is 0 Å². The van der Waals surface area contributed by atoms with Crippen LogP contribution in [0.4, 0.5) is 5.69 Å². The molecule has 0 amide bonds. The lowest BCUT2D eigenvalue weighted by molar-refractivity contribution is -0.384. The Hall–Kier alpha value is -2.27. The third-order valence-corrected chi connectivity index (χ3v) is 3.45. The van der Waals surface area contributed by atoms with E-state index >= 15 is 0 Å². The molecule has 0 radical (unpaired) electrons. The fourth-order valence-corrected chi connectivity index (χ4v) is 2.29. The van der Waals surface area contributed by atoms with Crippen LogP contribution in [0, 0.1) is 10.1 Å². The van der Waals surface area contributed by atoms with Crippen LogP contribution in [-0.4, -0.2) is 16.5 Å². The minimum absolute atomic E-state index is 0.131. The Labute approximate surface area is 124 Å². The van der Waals surface area contributed by atoms with Gasteiger partial charge in [-0.3, -0.25) is 15.1 Å². The molecule has 0 aliphatic heterocycles. The molecule has 1 unspecified atom stereocenters. The largest absolute Gasteiger partial charge is 0.310 e. The average molecular weight is 285 g/mol. The van der Waals surface area contributed by atoms with E-state index in [9.17, 15) is 10.1 Å². The Bertz CT molecular complexity index is 587. The number of nitrogens with one attached hydrogen (secondary N) is 1. The van der Waals surface area contributed by atoms with Crippen molar-refractivity contribution in [3.63, 3.8) is 0 Å². The van der Waals surface area contributed by atoms with Crippen molar-refractivity contribution < 1.29 is 4.92 Å². The molecule has 0 saturated heterocycles. The summed E-state index contributed by atoms with van der Waals surface area (Å²) in [5.41, 5.74) is 2.33. The van der Waals surface area contributed by atoms with Gasteiger partial charge in [0.05, 0.1) is 4.92 Å². The Morgan fingerprint density at radius 1 is 1.29 bits per heavy atom. The van der Waals surface area contributed by atoms with Crippen LogP contribution in [0.15, 0.2) is 48.8 Å². The molecule has 1 aromatic heterocycles. The number of aromatic nitrogens is 1. The summed E-state index contributed by atoms with van der Waals surface area (Å²) in [5.74, 6) is 0. The van der Waals surface area contributed by atoms with Crippen LogP contribution in [0.2, 0.25) is 0 Å². The van der Waals surface area contributed by atoms with Gasteiger partial charge in [-0.2, -0.15) is 0 Å². The van der Waals surface area contributed by atoms with Crippen LogP contribution in [0.3, 0.4) is 0 Å². The van der Waals surface area contributed by atoms with Gasteiger partial charge in [0.2, 0.25) is 0 Å². The topological polar surface area (TPSA) is 68.1 Å². The highest BCUT2D eigenvalue weighted by Crippen LogP contribution is 2.21. The zero-order valence-corrected chi connectivity index (χ0v) is 12.0. The van der Waals surface area contributed by atoms with Gasteiger partial charge >= 0.3 is 0 Å². The van der Waals surface area contributed by atoms with Crippen molar-refractivity contribution in [1.29, 1.82) is 0 Å². The molecule has 0 aliphatic rings. The maximum atomic E-state index is 10.8. The van der Waals surface area contributed by atoms with Crippen LogP contribution < -0.4 is 5.32 Å². The highest BCUT2D eigenvalue weighted by Gasteiger charge is 2.12. The number of nitro benzene ring substituents is 1. The van der Waals surface area contributed by atoms with Gasteiger partial charge in [0.15, 0.2) is 0 Å². The first-order valence-electron chi connectivity index (χ1n) is 7.07. The summed E-state index contributed by atoms with van der Waals surface area (Å²) in [4.78, 5) is 14.5. The molecule has 5 heteroatoms. The zero-order valence-electron chi connectivity index (χ0n) is 12.0. The second-order valence-corrected chi connectivity index (χ2v) is 4.87. The average Bonchev–Trinajstić information content (AvgIpc) is 2.52. The quantitative estimate of drug-likeness (QED) is 0.626. The Morgan fingerprint density at radius 3 is 2.71 bits per heavy atom. The summed E-state index contributed by atoms with van der Waals surface area (Å²) in [6.07, 6.45) is 5.37. The maximum Gasteiger partial charge on any atom is 0.269 e. The molecule has 0 fully saturated rings. The lowest BCUT2D eigenvalue weighted by Gasteiger charge is -2.17. The summed E-state index contributed by atoms with van der Waals surface area (Å²) in [7, 11) is 0. The highest BCUT2D eigenvalue weighted by molar-refractivity contribution is 5.35. The Morgan fingerprint density at radius 2 is 2.05 bits per heavy atom. The van der Waals surface area contributed by atoms with E-state index in [0.29, 0.717) is 0 Å². The molecule has 21 heavy (non-hydrogen) atoms. The molecule has 0 bridgehead atoms. The molecule has 1 N–H and O–H groups in total. The second-order valence-electron chi connectivity index (χ2n) is 4.87. The minimum atomic E-state index is -0.354. The lowest BCUT2D eigenvalue weighted by atomic mass is 10.0. The van der Waals surface area contributed by atoms with E-state index < -0.39 is 0 Å². The van der Waals surface area contributed by atoms with E-state index in [1.807, 2.05) is 18.2 Å². The van der Waals surface area contributed by atoms with Gasteiger partial charge in [0.25, 0.3) is 5.69 Å². The second kappa shape index (κ2) is 7.50. The predicted octanol–water partition coefficient (Wildman–Crippen LogP) is 3.27. The first-order chi connectivity index (χ1) is 10.2. The van der Waals surface area contributed by atoms with E-state index in [1.54, 1.807) is 24.5 Å². The first-order valence-corrected chi connectivity index (χ1v) is 7.07. The molecular formula is C16H19N3O2. The number of pyridine rings is 1. The van der Waals surface area contributed by atoms with Crippen molar-refractivity contribution >= 4 is 5.69 Å². The summed E-state index contributed by atoms with van der Waals surface area (Å²) in [6, 6.07) is 11.0. The molecule has 2 aromatic rings. The number of non-ortho nitro benzene ring substituents is 1. The van der Waals surface area contributed by atoms with Crippen LogP contribution in [-0.2, 0) is 6.42 Å². The standard InChI is InChI=1S/C16H19N3O2/c1-2-16(14-4-3-5-15(12-14)19(20)21)18-11-8-13-6-9-17-10-7-13/h3-7,9-10,12,16,18H,2,8,11H2,1H3. The number of rotatable bonds is 7. The maximum absolute atomic E-state index is 10.8. The summed E-state index contributed by atoms with van der Waals surface area (Å²) >= 11 is 0. The zero-order chi connectivity index (χ0) is 15.1. The molecule has 2 rings (SSSR count). The third kappa shape index (κ3) is 4.36. The monoisotopic (exact) mass is 285 g/mol. The molecular weight excluding hydrogens is 266 g/mol. The van der Waals surface area contributed by atoms with Crippen molar-refractivity contribution in [3.8, 4) is 0 Å². The number of nitro groups is 1. The SMILES string of the molecule is CCC(NCCc1ccncc1)c1cccc([N+](=O)[O-])c1. The predicted molar refractivity (Wildman–Crippen MR) is 82.1 cm³/mol. The Balaban J connectivity index is 1.96. The molecule has 1 atom stereocenters. The molecule has 1 aromatic carbocycles. The summed E-state index contributed by atoms with van der Waals surface area (Å²) in [6.45, 7) is 2.90. The van der Waals surface area contributed by atoms with E-state index in [4.69, 9.17) is 0 Å². The molecule has 5 nitrogen and oxygen atoms in total. The van der Waals surface area contributed by atoms with Gasteiger partial charge in [0, 0.05) is 30.6 Å². The van der Waals surface area contributed by atoms with Gasteiger partial charge in [-0.25, -0.2) is 0 Å². The first kappa shape index (κ1) is 15.1. The van der Waals surface area contributed by atoms with Gasteiger partial charge < -0.3 is 5.32 Å².